The second kappa shape index (κ2) is 14.6. The van der Waals surface area contributed by atoms with Crippen molar-refractivity contribution >= 4 is 109 Å². The molecule has 14 aromatic rings. The summed E-state index contributed by atoms with van der Waals surface area (Å²) in [4.78, 5) is 10.6. The standard InChI is InChI=1S/C60H39N5O.Pt/c1-60(2,3)36-31-32-61-55(33-36)63-50-23-10-7-17-42(50)44-30-28-38(35-54(44)63)66-37-27-29-40-41-16-6-12-25-52(41)65-58-48-20-9-13-26-53(48)64-51-24-11-8-18-43(51)47-22-14-21-46(57(47)64)39-15-4-5-19-45(39)56(58)62-59(65)49(40)34-37;/h4-33H,1-3H3;/q-2;+2. The van der Waals surface area contributed by atoms with Gasteiger partial charge in [0.15, 0.2) is 0 Å². The maximum atomic E-state index is 6.81. The molecule has 6 nitrogen and oxygen atoms in total. The summed E-state index contributed by atoms with van der Waals surface area (Å²) in [7, 11) is 0. The molecule has 320 valence electrons. The third-order valence-electron chi connectivity index (χ3n) is 13.6. The van der Waals surface area contributed by atoms with Crippen LogP contribution in [0.2, 0.25) is 0 Å². The minimum absolute atomic E-state index is 0. The number of aromatic nitrogens is 5. The van der Waals surface area contributed by atoms with Crippen molar-refractivity contribution in [3.05, 3.63) is 200 Å². The van der Waals surface area contributed by atoms with Crippen LogP contribution in [0.4, 0.5) is 0 Å². The molecule has 0 fully saturated rings. The van der Waals surface area contributed by atoms with Gasteiger partial charge in [0.1, 0.15) is 5.82 Å². The van der Waals surface area contributed by atoms with Gasteiger partial charge in [0.05, 0.1) is 33.2 Å². The van der Waals surface area contributed by atoms with Crippen molar-refractivity contribution in [2.24, 2.45) is 0 Å². The topological polar surface area (TPSA) is 48.8 Å². The van der Waals surface area contributed by atoms with E-state index in [1.54, 1.807) is 0 Å². The van der Waals surface area contributed by atoms with E-state index >= 15 is 0 Å². The summed E-state index contributed by atoms with van der Waals surface area (Å²) in [6.45, 7) is 6.69. The van der Waals surface area contributed by atoms with E-state index < -0.39 is 0 Å². The van der Waals surface area contributed by atoms with Gasteiger partial charge in [-0.2, -0.15) is 6.07 Å². The number of hydrogen-bond donors (Lipinski definition) is 0. The Morgan fingerprint density at radius 1 is 0.463 bits per heavy atom. The molecule has 6 heterocycles. The first-order valence-corrected chi connectivity index (χ1v) is 22.5. The van der Waals surface area contributed by atoms with Crippen LogP contribution >= 0.6 is 0 Å². The normalized spacial score (nSPS) is 12.3. The minimum atomic E-state index is -0.0364. The first-order valence-electron chi connectivity index (χ1n) is 22.5. The summed E-state index contributed by atoms with van der Waals surface area (Å²) in [6, 6.07) is 70.1. The van der Waals surface area contributed by atoms with Crippen molar-refractivity contribution in [1.82, 2.24) is 23.3 Å². The van der Waals surface area contributed by atoms with Crippen molar-refractivity contribution in [2.75, 3.05) is 0 Å². The van der Waals surface area contributed by atoms with Gasteiger partial charge in [-0.3, -0.25) is 4.98 Å². The van der Waals surface area contributed by atoms with Crippen molar-refractivity contribution in [3.8, 4) is 17.3 Å². The number of fused-ring (bicyclic) bond motifs is 20. The quantitative estimate of drug-likeness (QED) is 0.131. The molecular formula is C60H39N5OPt. The monoisotopic (exact) mass is 1040 g/mol. The Kier molecular flexibility index (Phi) is 8.62. The van der Waals surface area contributed by atoms with Crippen LogP contribution in [-0.2, 0) is 26.5 Å². The van der Waals surface area contributed by atoms with E-state index in [9.17, 15) is 0 Å². The molecule has 7 heteroatoms. The fourth-order valence-corrected chi connectivity index (χ4v) is 10.7. The summed E-state index contributed by atoms with van der Waals surface area (Å²) < 4.78 is 13.8. The zero-order valence-corrected chi connectivity index (χ0v) is 39.1. The summed E-state index contributed by atoms with van der Waals surface area (Å²) in [5, 5.41) is 12.2. The zero-order valence-electron chi connectivity index (χ0n) is 36.8. The van der Waals surface area contributed by atoms with Crippen molar-refractivity contribution in [2.45, 2.75) is 26.2 Å². The van der Waals surface area contributed by atoms with Crippen LogP contribution < -0.4 is 4.74 Å². The Morgan fingerprint density at radius 2 is 1.00 bits per heavy atom. The molecule has 0 aliphatic carbocycles. The Morgan fingerprint density at radius 3 is 1.72 bits per heavy atom. The summed E-state index contributed by atoms with van der Waals surface area (Å²) >= 11 is 0. The molecule has 0 spiro atoms. The number of pyridine rings is 2. The SMILES string of the molecule is CC(C)(C)c1ccnc(-n2c3[c-]c(Oc4[c-]c5c(cc4)c4ccccc4n4c5nc5c6ccccc6c6cccc7c8ccccc8n(c8ccccc8c54)c67)ccc3c3ccccc32)c1.[Pt+2]. The third-order valence-corrected chi connectivity index (χ3v) is 13.6. The molecular weight excluding hydrogens is 1000 g/mol. The Labute approximate surface area is 399 Å². The second-order valence-corrected chi connectivity index (χ2v) is 18.4. The molecule has 0 atom stereocenters. The number of benzene rings is 8. The molecule has 0 amide bonds. The number of nitrogens with zero attached hydrogens (tertiary/aromatic N) is 5. The summed E-state index contributed by atoms with van der Waals surface area (Å²) in [5.74, 6) is 2.01. The van der Waals surface area contributed by atoms with Gasteiger partial charge < -0.3 is 18.1 Å². The average Bonchev–Trinajstić information content (AvgIpc) is 4.03. The summed E-state index contributed by atoms with van der Waals surface area (Å²) in [6.07, 6.45) is 1.90. The van der Waals surface area contributed by atoms with Crippen LogP contribution in [-0.4, -0.2) is 23.3 Å². The van der Waals surface area contributed by atoms with E-state index in [1.165, 1.54) is 27.2 Å². The largest absolute Gasteiger partial charge is 2.00 e. The van der Waals surface area contributed by atoms with Crippen LogP contribution in [0.15, 0.2) is 182 Å². The third kappa shape index (κ3) is 5.73. The van der Waals surface area contributed by atoms with E-state index in [0.717, 1.165) is 93.2 Å². The maximum absolute atomic E-state index is 6.81. The van der Waals surface area contributed by atoms with E-state index in [-0.39, 0.29) is 26.5 Å². The summed E-state index contributed by atoms with van der Waals surface area (Å²) in [5.41, 5.74) is 10.4. The van der Waals surface area contributed by atoms with Gasteiger partial charge in [0, 0.05) is 55.7 Å². The molecule has 14 rings (SSSR count). The van der Waals surface area contributed by atoms with Crippen molar-refractivity contribution in [3.63, 3.8) is 0 Å². The zero-order chi connectivity index (χ0) is 43.8. The first-order chi connectivity index (χ1) is 32.4. The van der Waals surface area contributed by atoms with Gasteiger partial charge >= 0.3 is 21.1 Å². The Bertz CT molecular complexity index is 4440. The Balaban J connectivity index is 0.00000446. The molecule has 0 bridgehead atoms. The second-order valence-electron chi connectivity index (χ2n) is 18.4. The Hall–Kier alpha value is -7.79. The number of imidazole rings is 1. The molecule has 0 saturated heterocycles. The van der Waals surface area contributed by atoms with Gasteiger partial charge in [0.2, 0.25) is 0 Å². The molecule has 0 aliphatic heterocycles. The molecule has 67 heavy (non-hydrogen) atoms. The fraction of sp³-hybridized carbons (Fsp3) is 0.0667. The van der Waals surface area contributed by atoms with E-state index in [1.807, 2.05) is 18.3 Å². The molecule has 6 aromatic heterocycles. The van der Waals surface area contributed by atoms with Gasteiger partial charge in [-0.25, -0.2) is 4.98 Å². The molecule has 0 N–H and O–H groups in total. The first kappa shape index (κ1) is 39.6. The van der Waals surface area contributed by atoms with Gasteiger partial charge in [-0.15, -0.1) is 29.7 Å². The van der Waals surface area contributed by atoms with Crippen molar-refractivity contribution in [1.29, 1.82) is 0 Å². The maximum Gasteiger partial charge on any atom is 2.00 e. The number of ether oxygens (including phenoxy) is 1. The average molecular weight is 1040 g/mol. The molecule has 8 aromatic carbocycles. The molecule has 0 unspecified atom stereocenters. The van der Waals surface area contributed by atoms with Crippen LogP contribution in [0.1, 0.15) is 26.3 Å². The molecule has 0 saturated carbocycles. The van der Waals surface area contributed by atoms with E-state index in [4.69, 9.17) is 14.7 Å². The number of rotatable bonds is 3. The van der Waals surface area contributed by atoms with Crippen LogP contribution in [0.5, 0.6) is 11.5 Å². The number of para-hydroxylation sites is 5. The molecule has 0 aliphatic rings. The molecule has 0 radical (unpaired) electrons. The van der Waals surface area contributed by atoms with Crippen LogP contribution in [0, 0.1) is 12.1 Å². The number of hydrogen-bond acceptors (Lipinski definition) is 3. The van der Waals surface area contributed by atoms with Crippen molar-refractivity contribution < 1.29 is 25.8 Å². The minimum Gasteiger partial charge on any atom is -0.503 e. The van der Waals surface area contributed by atoms with Gasteiger partial charge in [-0.05, 0) is 63.5 Å². The van der Waals surface area contributed by atoms with Gasteiger partial charge in [-0.1, -0.05) is 158 Å². The van der Waals surface area contributed by atoms with E-state index in [0.29, 0.717) is 11.5 Å². The smallest absolute Gasteiger partial charge is 0.503 e. The van der Waals surface area contributed by atoms with Crippen LogP contribution in [0.25, 0.3) is 115 Å². The fourth-order valence-electron chi connectivity index (χ4n) is 10.7. The predicted octanol–water partition coefficient (Wildman–Crippen LogP) is 15.4. The van der Waals surface area contributed by atoms with E-state index in [2.05, 4.69) is 210 Å². The van der Waals surface area contributed by atoms with Gasteiger partial charge in [0.25, 0.3) is 0 Å². The van der Waals surface area contributed by atoms with Crippen LogP contribution in [0.3, 0.4) is 0 Å². The predicted molar refractivity (Wildman–Crippen MR) is 273 cm³/mol.